The first-order valence-electron chi connectivity index (χ1n) is 6.33. The molecule has 2 rings (SSSR count). The van der Waals surface area contributed by atoms with Gasteiger partial charge in [-0.3, -0.25) is 4.98 Å². The summed E-state index contributed by atoms with van der Waals surface area (Å²) in [5.74, 6) is 0.641. The molecule has 0 aromatic carbocycles. The number of hydrogen-bond donors (Lipinski definition) is 1. The molecule has 102 valence electrons. The van der Waals surface area contributed by atoms with Crippen LogP contribution in [0.2, 0.25) is 0 Å². The Morgan fingerprint density at radius 2 is 2.16 bits per heavy atom. The van der Waals surface area contributed by atoms with Crippen LogP contribution in [-0.2, 0) is 13.1 Å². The second-order valence-electron chi connectivity index (χ2n) is 4.90. The predicted molar refractivity (Wildman–Crippen MR) is 77.6 cm³/mol. The highest BCUT2D eigenvalue weighted by molar-refractivity contribution is 9.10. The molecule has 5 nitrogen and oxygen atoms in total. The Hall–Kier alpha value is -1.27. The summed E-state index contributed by atoms with van der Waals surface area (Å²) in [4.78, 5) is 4.32. The van der Waals surface area contributed by atoms with Gasteiger partial charge in [0.1, 0.15) is 0 Å². The van der Waals surface area contributed by atoms with E-state index in [0.29, 0.717) is 12.5 Å². The van der Waals surface area contributed by atoms with Gasteiger partial charge >= 0.3 is 0 Å². The van der Waals surface area contributed by atoms with Crippen molar-refractivity contribution in [2.45, 2.75) is 26.9 Å². The first-order chi connectivity index (χ1) is 9.13. The molecule has 1 N–H and O–H groups in total. The molecule has 2 aromatic heterocycles. The van der Waals surface area contributed by atoms with Crippen molar-refractivity contribution >= 4 is 15.9 Å². The van der Waals surface area contributed by atoms with Crippen LogP contribution in [0.1, 0.15) is 25.2 Å². The van der Waals surface area contributed by atoms with Gasteiger partial charge in [0.15, 0.2) is 0 Å². The summed E-state index contributed by atoms with van der Waals surface area (Å²) in [7, 11) is 0. The van der Waals surface area contributed by atoms with Crippen LogP contribution in [0.25, 0.3) is 0 Å². The average Bonchev–Trinajstić information content (AvgIpc) is 2.79. The molecule has 0 spiro atoms. The van der Waals surface area contributed by atoms with Gasteiger partial charge in [0.05, 0.1) is 24.1 Å². The van der Waals surface area contributed by atoms with Gasteiger partial charge < -0.3 is 5.32 Å². The molecule has 0 amide bonds. The van der Waals surface area contributed by atoms with Crippen LogP contribution in [0, 0.1) is 5.92 Å². The highest BCUT2D eigenvalue weighted by atomic mass is 79.9. The fourth-order valence-electron chi connectivity index (χ4n) is 1.65. The van der Waals surface area contributed by atoms with Gasteiger partial charge in [0.2, 0.25) is 0 Å². The summed E-state index contributed by atoms with van der Waals surface area (Å²) in [5.41, 5.74) is 1.92. The molecule has 0 saturated carbocycles. The van der Waals surface area contributed by atoms with Crippen molar-refractivity contribution in [3.05, 3.63) is 40.4 Å². The molecular weight excluding hydrogens is 306 g/mol. The largest absolute Gasteiger partial charge is 0.311 e. The first kappa shape index (κ1) is 14.1. The normalized spacial score (nSPS) is 11.2. The standard InChI is InChI=1S/C13H18BrN5/c1-10(2)5-15-7-13-9-19(18-17-13)8-12-4-3-11(14)6-16-12/h3-4,6,9-10,15H,5,7-8H2,1-2H3. The number of halogens is 1. The maximum Gasteiger partial charge on any atom is 0.0964 e. The molecule has 6 heteroatoms. The fourth-order valence-corrected chi connectivity index (χ4v) is 1.89. The van der Waals surface area contributed by atoms with E-state index >= 15 is 0 Å². The van der Waals surface area contributed by atoms with E-state index < -0.39 is 0 Å². The number of aromatic nitrogens is 4. The number of rotatable bonds is 6. The van der Waals surface area contributed by atoms with Crippen LogP contribution in [0.3, 0.4) is 0 Å². The average molecular weight is 324 g/mol. The zero-order chi connectivity index (χ0) is 13.7. The van der Waals surface area contributed by atoms with E-state index in [1.54, 1.807) is 6.20 Å². The third-order valence-corrected chi connectivity index (χ3v) is 3.03. The summed E-state index contributed by atoms with van der Waals surface area (Å²) in [5, 5.41) is 11.6. The van der Waals surface area contributed by atoms with E-state index in [0.717, 1.165) is 29.0 Å². The second kappa shape index (κ2) is 6.77. The van der Waals surface area contributed by atoms with Crippen LogP contribution in [0.15, 0.2) is 29.0 Å². The van der Waals surface area contributed by atoms with Crippen LogP contribution in [-0.4, -0.2) is 26.5 Å². The lowest BCUT2D eigenvalue weighted by molar-refractivity contribution is 0.548. The van der Waals surface area contributed by atoms with E-state index in [-0.39, 0.29) is 0 Å². The molecule has 0 fully saturated rings. The van der Waals surface area contributed by atoms with Crippen molar-refractivity contribution in [2.24, 2.45) is 5.92 Å². The van der Waals surface area contributed by atoms with Crippen LogP contribution in [0.5, 0.6) is 0 Å². The van der Waals surface area contributed by atoms with Gasteiger partial charge in [-0.1, -0.05) is 19.1 Å². The Bertz CT molecular complexity index is 506. The zero-order valence-corrected chi connectivity index (χ0v) is 12.8. The van der Waals surface area contributed by atoms with Gasteiger partial charge in [-0.2, -0.15) is 0 Å². The second-order valence-corrected chi connectivity index (χ2v) is 5.82. The monoisotopic (exact) mass is 323 g/mol. The molecule has 2 heterocycles. The SMILES string of the molecule is CC(C)CNCc1cn(Cc2ccc(Br)cn2)nn1. The maximum absolute atomic E-state index is 4.32. The molecule has 2 aromatic rings. The highest BCUT2D eigenvalue weighted by Gasteiger charge is 2.03. The molecule has 19 heavy (non-hydrogen) atoms. The van der Waals surface area contributed by atoms with E-state index in [2.05, 4.69) is 50.4 Å². The summed E-state index contributed by atoms with van der Waals surface area (Å²) in [6, 6.07) is 3.95. The van der Waals surface area contributed by atoms with Gasteiger partial charge in [-0.25, -0.2) is 4.68 Å². The summed E-state index contributed by atoms with van der Waals surface area (Å²) in [6.07, 6.45) is 3.74. The van der Waals surface area contributed by atoms with Crippen molar-refractivity contribution in [3.63, 3.8) is 0 Å². The van der Waals surface area contributed by atoms with Crippen LogP contribution >= 0.6 is 15.9 Å². The first-order valence-corrected chi connectivity index (χ1v) is 7.13. The minimum atomic E-state index is 0.641. The molecule has 0 aliphatic rings. The topological polar surface area (TPSA) is 55.6 Å². The predicted octanol–water partition coefficient (Wildman–Crippen LogP) is 2.23. The Labute approximate surface area is 121 Å². The number of nitrogens with one attached hydrogen (secondary N) is 1. The zero-order valence-electron chi connectivity index (χ0n) is 11.2. The van der Waals surface area contributed by atoms with Gasteiger partial charge in [-0.15, -0.1) is 5.10 Å². The number of nitrogens with zero attached hydrogens (tertiary/aromatic N) is 4. The Kier molecular flexibility index (Phi) is 5.04. The Balaban J connectivity index is 1.88. The van der Waals surface area contributed by atoms with Gasteiger partial charge in [0, 0.05) is 17.2 Å². The summed E-state index contributed by atoms with van der Waals surface area (Å²) in [6.45, 7) is 6.75. The lowest BCUT2D eigenvalue weighted by Gasteiger charge is -2.04. The van der Waals surface area contributed by atoms with Crippen molar-refractivity contribution in [1.82, 2.24) is 25.3 Å². The fraction of sp³-hybridized carbons (Fsp3) is 0.462. The van der Waals surface area contributed by atoms with Crippen molar-refractivity contribution in [3.8, 4) is 0 Å². The van der Waals surface area contributed by atoms with Gasteiger partial charge in [0.25, 0.3) is 0 Å². The van der Waals surface area contributed by atoms with Gasteiger partial charge in [-0.05, 0) is 40.5 Å². The molecule has 0 aliphatic carbocycles. The van der Waals surface area contributed by atoms with E-state index in [1.165, 1.54) is 0 Å². The van der Waals surface area contributed by atoms with Crippen LogP contribution in [0.4, 0.5) is 0 Å². The third-order valence-electron chi connectivity index (χ3n) is 2.56. The lowest BCUT2D eigenvalue weighted by Crippen LogP contribution is -2.19. The highest BCUT2D eigenvalue weighted by Crippen LogP contribution is 2.08. The van der Waals surface area contributed by atoms with E-state index in [1.807, 2.05) is 23.0 Å². The smallest absolute Gasteiger partial charge is 0.0964 e. The van der Waals surface area contributed by atoms with Crippen molar-refractivity contribution < 1.29 is 0 Å². The van der Waals surface area contributed by atoms with Crippen LogP contribution < -0.4 is 5.32 Å². The molecule has 0 unspecified atom stereocenters. The number of pyridine rings is 1. The van der Waals surface area contributed by atoms with Crippen molar-refractivity contribution in [2.75, 3.05) is 6.54 Å². The Morgan fingerprint density at radius 1 is 1.32 bits per heavy atom. The molecular formula is C13H18BrN5. The lowest BCUT2D eigenvalue weighted by atomic mass is 10.2. The van der Waals surface area contributed by atoms with E-state index in [4.69, 9.17) is 0 Å². The minimum absolute atomic E-state index is 0.641. The molecule has 0 atom stereocenters. The molecule has 0 saturated heterocycles. The maximum atomic E-state index is 4.32. The Morgan fingerprint density at radius 3 is 2.84 bits per heavy atom. The molecule has 0 bridgehead atoms. The number of hydrogen-bond acceptors (Lipinski definition) is 4. The minimum Gasteiger partial charge on any atom is -0.311 e. The summed E-state index contributed by atoms with van der Waals surface area (Å²) >= 11 is 3.37. The molecule has 0 radical (unpaired) electrons. The third kappa shape index (κ3) is 4.72. The molecule has 0 aliphatic heterocycles. The quantitative estimate of drug-likeness (QED) is 0.885. The summed E-state index contributed by atoms with van der Waals surface area (Å²) < 4.78 is 2.79. The van der Waals surface area contributed by atoms with Crippen molar-refractivity contribution in [1.29, 1.82) is 0 Å². The van der Waals surface area contributed by atoms with E-state index in [9.17, 15) is 0 Å².